The first-order chi connectivity index (χ1) is 12.3. The molecule has 1 aromatic rings. The Balaban J connectivity index is 0.00000338. The summed E-state index contributed by atoms with van der Waals surface area (Å²) >= 11 is 5.91. The smallest absolute Gasteiger partial charge is 0.191 e. The molecule has 1 aliphatic rings. The Morgan fingerprint density at radius 2 is 1.88 bits per heavy atom. The van der Waals surface area contributed by atoms with Gasteiger partial charge in [0.2, 0.25) is 0 Å². The van der Waals surface area contributed by atoms with Crippen molar-refractivity contribution < 1.29 is 4.74 Å². The largest absolute Gasteiger partial charge is 0.379 e. The lowest BCUT2D eigenvalue weighted by Crippen LogP contribution is -2.40. The van der Waals surface area contributed by atoms with E-state index in [1.807, 2.05) is 12.1 Å². The SMILES string of the molecule is CCNC(=NCCCc1ccc(Cl)cc1)NCCCN1CCOCC1.I. The van der Waals surface area contributed by atoms with Gasteiger partial charge in [0.1, 0.15) is 0 Å². The molecule has 0 amide bonds. The number of aliphatic imine (C=N–C) groups is 1. The van der Waals surface area contributed by atoms with E-state index in [1.54, 1.807) is 0 Å². The van der Waals surface area contributed by atoms with Crippen LogP contribution in [0.15, 0.2) is 29.3 Å². The van der Waals surface area contributed by atoms with E-state index in [0.717, 1.165) is 82.7 Å². The zero-order valence-electron chi connectivity index (χ0n) is 15.7. The van der Waals surface area contributed by atoms with Gasteiger partial charge in [0.15, 0.2) is 5.96 Å². The van der Waals surface area contributed by atoms with E-state index in [-0.39, 0.29) is 24.0 Å². The number of guanidine groups is 1. The molecule has 2 rings (SSSR count). The predicted octanol–water partition coefficient (Wildman–Crippen LogP) is 3.17. The Labute approximate surface area is 179 Å². The van der Waals surface area contributed by atoms with Crippen LogP contribution >= 0.6 is 35.6 Å². The lowest BCUT2D eigenvalue weighted by atomic mass is 10.1. The average Bonchev–Trinajstić information content (AvgIpc) is 2.64. The minimum Gasteiger partial charge on any atom is -0.379 e. The molecule has 7 heteroatoms. The maximum Gasteiger partial charge on any atom is 0.191 e. The van der Waals surface area contributed by atoms with Gasteiger partial charge in [-0.05, 0) is 50.4 Å². The summed E-state index contributed by atoms with van der Waals surface area (Å²) < 4.78 is 5.38. The van der Waals surface area contributed by atoms with Crippen molar-refractivity contribution in [3.05, 3.63) is 34.9 Å². The number of aryl methyl sites for hydroxylation is 1. The van der Waals surface area contributed by atoms with Crippen molar-refractivity contribution in [1.29, 1.82) is 0 Å². The fourth-order valence-corrected chi connectivity index (χ4v) is 2.93. The highest BCUT2D eigenvalue weighted by molar-refractivity contribution is 14.0. The molecule has 0 atom stereocenters. The first-order valence-corrected chi connectivity index (χ1v) is 9.72. The summed E-state index contributed by atoms with van der Waals surface area (Å²) in [6.45, 7) is 9.70. The van der Waals surface area contributed by atoms with Gasteiger partial charge < -0.3 is 15.4 Å². The number of hydrogen-bond donors (Lipinski definition) is 2. The molecule has 0 spiro atoms. The van der Waals surface area contributed by atoms with E-state index in [1.165, 1.54) is 5.56 Å². The first kappa shape index (κ1) is 23.5. The molecule has 148 valence electrons. The number of halogens is 2. The van der Waals surface area contributed by atoms with Gasteiger partial charge in [-0.1, -0.05) is 23.7 Å². The van der Waals surface area contributed by atoms with Gasteiger partial charge in [-0.3, -0.25) is 9.89 Å². The topological polar surface area (TPSA) is 48.9 Å². The van der Waals surface area contributed by atoms with Crippen molar-refractivity contribution in [2.24, 2.45) is 4.99 Å². The summed E-state index contributed by atoms with van der Waals surface area (Å²) in [6.07, 6.45) is 3.18. The minimum atomic E-state index is 0. The van der Waals surface area contributed by atoms with Crippen LogP contribution in [0.25, 0.3) is 0 Å². The van der Waals surface area contributed by atoms with E-state index in [9.17, 15) is 0 Å². The fraction of sp³-hybridized carbons (Fsp3) is 0.632. The van der Waals surface area contributed by atoms with Crippen molar-refractivity contribution in [2.45, 2.75) is 26.2 Å². The first-order valence-electron chi connectivity index (χ1n) is 9.34. The van der Waals surface area contributed by atoms with Gasteiger partial charge >= 0.3 is 0 Å². The summed E-state index contributed by atoms with van der Waals surface area (Å²) in [7, 11) is 0. The molecule has 1 fully saturated rings. The van der Waals surface area contributed by atoms with Crippen LogP contribution in [0.2, 0.25) is 5.02 Å². The Morgan fingerprint density at radius 3 is 2.58 bits per heavy atom. The zero-order valence-corrected chi connectivity index (χ0v) is 18.8. The van der Waals surface area contributed by atoms with Gasteiger partial charge in [0, 0.05) is 37.7 Å². The second-order valence-electron chi connectivity index (χ2n) is 6.23. The standard InChI is InChI=1S/C19H31ClN4O.HI/c1-2-21-19(23-11-4-12-24-13-15-25-16-14-24)22-10-3-5-17-6-8-18(20)9-7-17;/h6-9H,2-5,10-16H2,1H3,(H2,21,22,23);1H. The molecular formula is C19H32ClIN4O. The summed E-state index contributed by atoms with van der Waals surface area (Å²) in [6, 6.07) is 8.06. The lowest BCUT2D eigenvalue weighted by Gasteiger charge is -2.26. The summed E-state index contributed by atoms with van der Waals surface area (Å²) in [5, 5.41) is 7.53. The van der Waals surface area contributed by atoms with Gasteiger partial charge in [-0.25, -0.2) is 0 Å². The van der Waals surface area contributed by atoms with Gasteiger partial charge in [0.05, 0.1) is 13.2 Å². The van der Waals surface area contributed by atoms with E-state index >= 15 is 0 Å². The third-order valence-corrected chi connectivity index (χ3v) is 4.45. The van der Waals surface area contributed by atoms with Crippen LogP contribution in [0.4, 0.5) is 0 Å². The molecule has 0 aliphatic carbocycles. The summed E-state index contributed by atoms with van der Waals surface area (Å²) in [5.74, 6) is 0.917. The Morgan fingerprint density at radius 1 is 1.15 bits per heavy atom. The highest BCUT2D eigenvalue weighted by Gasteiger charge is 2.09. The summed E-state index contributed by atoms with van der Waals surface area (Å²) in [4.78, 5) is 7.12. The maximum absolute atomic E-state index is 5.91. The third-order valence-electron chi connectivity index (χ3n) is 4.20. The van der Waals surface area contributed by atoms with E-state index in [2.05, 4.69) is 39.6 Å². The number of ether oxygens (including phenoxy) is 1. The number of morpholine rings is 1. The molecule has 0 bridgehead atoms. The van der Waals surface area contributed by atoms with Gasteiger partial charge in [-0.15, -0.1) is 24.0 Å². The molecule has 0 saturated carbocycles. The molecule has 0 aromatic heterocycles. The Kier molecular flexibility index (Phi) is 13.1. The van der Waals surface area contributed by atoms with E-state index < -0.39 is 0 Å². The van der Waals surface area contributed by atoms with E-state index in [4.69, 9.17) is 16.3 Å². The highest BCUT2D eigenvalue weighted by Crippen LogP contribution is 2.10. The maximum atomic E-state index is 5.91. The van der Waals surface area contributed by atoms with Crippen molar-refractivity contribution >= 4 is 41.5 Å². The molecule has 0 radical (unpaired) electrons. The van der Waals surface area contributed by atoms with Crippen LogP contribution in [0, 0.1) is 0 Å². The monoisotopic (exact) mass is 494 g/mol. The van der Waals surface area contributed by atoms with Crippen LogP contribution in [0.5, 0.6) is 0 Å². The average molecular weight is 495 g/mol. The van der Waals surface area contributed by atoms with Crippen molar-refractivity contribution in [3.8, 4) is 0 Å². The Hall–Kier alpha value is -0.570. The Bertz CT molecular complexity index is 507. The van der Waals surface area contributed by atoms with Crippen LogP contribution in [0.3, 0.4) is 0 Å². The van der Waals surface area contributed by atoms with Crippen molar-refractivity contribution in [2.75, 3.05) is 52.5 Å². The quantitative estimate of drug-likeness (QED) is 0.240. The summed E-state index contributed by atoms with van der Waals surface area (Å²) in [5.41, 5.74) is 1.31. The van der Waals surface area contributed by atoms with Crippen LogP contribution in [0.1, 0.15) is 25.3 Å². The molecule has 5 nitrogen and oxygen atoms in total. The minimum absolute atomic E-state index is 0. The zero-order chi connectivity index (χ0) is 17.7. The molecule has 1 aliphatic heterocycles. The number of nitrogens with zero attached hydrogens (tertiary/aromatic N) is 2. The molecule has 0 unspecified atom stereocenters. The number of rotatable bonds is 9. The predicted molar refractivity (Wildman–Crippen MR) is 121 cm³/mol. The number of nitrogens with one attached hydrogen (secondary N) is 2. The molecule has 1 heterocycles. The molecule has 1 aromatic carbocycles. The number of hydrogen-bond acceptors (Lipinski definition) is 3. The van der Waals surface area contributed by atoms with Gasteiger partial charge in [-0.2, -0.15) is 0 Å². The van der Waals surface area contributed by atoms with Crippen LogP contribution < -0.4 is 10.6 Å². The fourth-order valence-electron chi connectivity index (χ4n) is 2.80. The van der Waals surface area contributed by atoms with Crippen LogP contribution in [-0.4, -0.2) is 63.3 Å². The second kappa shape index (κ2) is 14.5. The molecule has 1 saturated heterocycles. The molecule has 26 heavy (non-hydrogen) atoms. The molecule has 2 N–H and O–H groups in total. The van der Waals surface area contributed by atoms with Crippen molar-refractivity contribution in [3.63, 3.8) is 0 Å². The highest BCUT2D eigenvalue weighted by atomic mass is 127. The van der Waals surface area contributed by atoms with E-state index in [0.29, 0.717) is 0 Å². The van der Waals surface area contributed by atoms with Gasteiger partial charge in [0.25, 0.3) is 0 Å². The second-order valence-corrected chi connectivity index (χ2v) is 6.66. The number of benzene rings is 1. The van der Waals surface area contributed by atoms with Crippen LogP contribution in [-0.2, 0) is 11.2 Å². The third kappa shape index (κ3) is 9.94. The lowest BCUT2D eigenvalue weighted by molar-refractivity contribution is 0.0376. The van der Waals surface area contributed by atoms with Crippen molar-refractivity contribution in [1.82, 2.24) is 15.5 Å². The molecular weight excluding hydrogens is 463 g/mol. The normalized spacial score (nSPS) is 15.4.